The second-order valence-corrected chi connectivity index (χ2v) is 5.84. The summed E-state index contributed by atoms with van der Waals surface area (Å²) in [6.45, 7) is 2.18. The predicted octanol–water partition coefficient (Wildman–Crippen LogP) is 4.21. The van der Waals surface area contributed by atoms with Crippen LogP contribution in [0.3, 0.4) is 0 Å². The molecule has 0 radical (unpaired) electrons. The fourth-order valence-corrected chi connectivity index (χ4v) is 3.16. The van der Waals surface area contributed by atoms with Gasteiger partial charge < -0.3 is 4.74 Å². The Morgan fingerprint density at radius 2 is 2.00 bits per heavy atom. The lowest BCUT2D eigenvalue weighted by atomic mass is 10.1. The minimum Gasteiger partial charge on any atom is -0.466 e. The molecule has 0 N–H and O–H groups in total. The van der Waals surface area contributed by atoms with Gasteiger partial charge in [-0.25, -0.2) is 9.37 Å². The van der Waals surface area contributed by atoms with Gasteiger partial charge in [0.15, 0.2) is 0 Å². The van der Waals surface area contributed by atoms with E-state index in [4.69, 9.17) is 4.74 Å². The van der Waals surface area contributed by atoms with Crippen LogP contribution >= 0.6 is 11.3 Å². The van der Waals surface area contributed by atoms with E-state index >= 15 is 0 Å². The molecule has 0 aliphatic heterocycles. The van der Waals surface area contributed by atoms with Crippen molar-refractivity contribution in [1.82, 2.24) is 4.98 Å². The Hall–Kier alpha value is -2.27. The fraction of sp³-hybridized carbons (Fsp3) is 0.176. The highest BCUT2D eigenvalue weighted by atomic mass is 32.1. The summed E-state index contributed by atoms with van der Waals surface area (Å²) in [5.41, 5.74) is 2.64. The lowest BCUT2D eigenvalue weighted by Crippen LogP contribution is -2.07. The van der Waals surface area contributed by atoms with Crippen molar-refractivity contribution in [2.75, 3.05) is 6.61 Å². The molecule has 0 atom stereocenters. The molecule has 3 nitrogen and oxygen atoms in total. The molecule has 3 aromatic rings. The highest BCUT2D eigenvalue weighted by molar-refractivity contribution is 7.21. The highest BCUT2D eigenvalue weighted by Crippen LogP contribution is 2.30. The van der Waals surface area contributed by atoms with Gasteiger partial charge in [0.1, 0.15) is 10.8 Å². The van der Waals surface area contributed by atoms with Crippen molar-refractivity contribution >= 4 is 27.5 Å². The fourth-order valence-electron chi connectivity index (χ4n) is 2.17. The SMILES string of the molecule is CCOC(=O)Cc1ccc(-c2nc3ccc(F)cc3s2)cc1. The summed E-state index contributed by atoms with van der Waals surface area (Å²) in [5, 5.41) is 0.836. The van der Waals surface area contributed by atoms with Crippen molar-refractivity contribution < 1.29 is 13.9 Å². The number of benzene rings is 2. The Kier molecular flexibility index (Phi) is 4.15. The molecule has 0 saturated carbocycles. The van der Waals surface area contributed by atoms with Crippen molar-refractivity contribution in [2.45, 2.75) is 13.3 Å². The lowest BCUT2D eigenvalue weighted by Gasteiger charge is -2.02. The molecule has 0 amide bonds. The molecule has 0 fully saturated rings. The second-order valence-electron chi connectivity index (χ2n) is 4.81. The van der Waals surface area contributed by atoms with Gasteiger partial charge in [0.2, 0.25) is 0 Å². The molecule has 2 aromatic carbocycles. The number of rotatable bonds is 4. The van der Waals surface area contributed by atoms with Gasteiger partial charge in [-0.2, -0.15) is 0 Å². The number of ether oxygens (including phenoxy) is 1. The quantitative estimate of drug-likeness (QED) is 0.677. The number of carbonyl (C=O) groups is 1. The summed E-state index contributed by atoms with van der Waals surface area (Å²) in [6.07, 6.45) is 0.263. The van der Waals surface area contributed by atoms with Crippen LogP contribution in [0.25, 0.3) is 20.8 Å². The van der Waals surface area contributed by atoms with Gasteiger partial charge >= 0.3 is 5.97 Å². The number of esters is 1. The van der Waals surface area contributed by atoms with Gasteiger partial charge in [-0.1, -0.05) is 24.3 Å². The third kappa shape index (κ3) is 3.14. The first-order valence-corrected chi connectivity index (χ1v) is 7.78. The van der Waals surface area contributed by atoms with Crippen molar-refractivity contribution in [3.8, 4) is 10.6 Å². The predicted molar refractivity (Wildman–Crippen MR) is 85.4 cm³/mol. The molecule has 0 bridgehead atoms. The Morgan fingerprint density at radius 3 is 2.73 bits per heavy atom. The number of aromatic nitrogens is 1. The van der Waals surface area contributed by atoms with Crippen LogP contribution in [-0.4, -0.2) is 17.6 Å². The maximum Gasteiger partial charge on any atom is 0.310 e. The summed E-state index contributed by atoms with van der Waals surface area (Å²) in [4.78, 5) is 16.0. The third-order valence-electron chi connectivity index (χ3n) is 3.21. The second kappa shape index (κ2) is 6.23. The summed E-state index contributed by atoms with van der Waals surface area (Å²) in [7, 11) is 0. The van der Waals surface area contributed by atoms with Crippen LogP contribution in [0.15, 0.2) is 42.5 Å². The number of halogens is 1. The number of nitrogens with zero attached hydrogens (tertiary/aromatic N) is 1. The Balaban J connectivity index is 1.83. The zero-order valence-corrected chi connectivity index (χ0v) is 12.8. The molecule has 0 saturated heterocycles. The van der Waals surface area contributed by atoms with Crippen LogP contribution in [0.2, 0.25) is 0 Å². The summed E-state index contributed by atoms with van der Waals surface area (Å²) < 4.78 is 19.0. The van der Waals surface area contributed by atoms with Gasteiger partial charge in [-0.15, -0.1) is 11.3 Å². The van der Waals surface area contributed by atoms with Gasteiger partial charge in [0.05, 0.1) is 23.2 Å². The van der Waals surface area contributed by atoms with Crippen LogP contribution in [0.5, 0.6) is 0 Å². The van der Waals surface area contributed by atoms with Gasteiger partial charge in [-0.3, -0.25) is 4.79 Å². The van der Waals surface area contributed by atoms with Gasteiger partial charge in [0, 0.05) is 5.56 Å². The zero-order chi connectivity index (χ0) is 15.5. The Bertz CT molecular complexity index is 811. The standard InChI is InChI=1S/C17H14FNO2S/c1-2-21-16(20)9-11-3-5-12(6-4-11)17-19-14-8-7-13(18)10-15(14)22-17/h3-8,10H,2,9H2,1H3. The molecule has 3 rings (SSSR count). The molecular formula is C17H14FNO2S. The van der Waals surface area contributed by atoms with Crippen LogP contribution in [0.4, 0.5) is 4.39 Å². The van der Waals surface area contributed by atoms with Crippen LogP contribution in [-0.2, 0) is 16.0 Å². The van der Waals surface area contributed by atoms with Crippen molar-refractivity contribution in [3.05, 3.63) is 53.8 Å². The zero-order valence-electron chi connectivity index (χ0n) is 12.0. The van der Waals surface area contributed by atoms with Crippen LogP contribution in [0.1, 0.15) is 12.5 Å². The molecule has 5 heteroatoms. The molecule has 0 spiro atoms. The number of hydrogen-bond acceptors (Lipinski definition) is 4. The van der Waals surface area contributed by atoms with E-state index in [2.05, 4.69) is 4.98 Å². The number of carbonyl (C=O) groups excluding carboxylic acids is 1. The topological polar surface area (TPSA) is 39.2 Å². The van der Waals surface area contributed by atoms with Gasteiger partial charge in [-0.05, 0) is 30.7 Å². The normalized spacial score (nSPS) is 10.8. The van der Waals surface area contributed by atoms with E-state index < -0.39 is 0 Å². The van der Waals surface area contributed by atoms with Crippen LogP contribution < -0.4 is 0 Å². The number of fused-ring (bicyclic) bond motifs is 1. The largest absolute Gasteiger partial charge is 0.466 e. The van der Waals surface area contributed by atoms with E-state index in [1.807, 2.05) is 24.3 Å². The minimum absolute atomic E-state index is 0.231. The first kappa shape index (κ1) is 14.7. The van der Waals surface area contributed by atoms with E-state index in [-0.39, 0.29) is 18.2 Å². The minimum atomic E-state index is -0.257. The maximum atomic E-state index is 13.2. The third-order valence-corrected chi connectivity index (χ3v) is 4.27. The first-order chi connectivity index (χ1) is 10.7. The molecule has 1 aromatic heterocycles. The molecular weight excluding hydrogens is 301 g/mol. The van der Waals surface area contributed by atoms with E-state index in [1.165, 1.54) is 23.5 Å². The van der Waals surface area contributed by atoms with Crippen molar-refractivity contribution in [3.63, 3.8) is 0 Å². The highest BCUT2D eigenvalue weighted by Gasteiger charge is 2.08. The van der Waals surface area contributed by atoms with Crippen molar-refractivity contribution in [1.29, 1.82) is 0 Å². The average Bonchev–Trinajstić information content (AvgIpc) is 2.91. The summed E-state index contributed by atoms with van der Waals surface area (Å²) in [6, 6.07) is 12.2. The Morgan fingerprint density at radius 1 is 1.23 bits per heavy atom. The van der Waals surface area contributed by atoms with E-state index in [1.54, 1.807) is 13.0 Å². The van der Waals surface area contributed by atoms with Crippen LogP contribution in [0, 0.1) is 5.82 Å². The molecule has 112 valence electrons. The molecule has 0 aliphatic carbocycles. The molecule has 0 aliphatic rings. The van der Waals surface area contributed by atoms with Gasteiger partial charge in [0.25, 0.3) is 0 Å². The average molecular weight is 315 g/mol. The van der Waals surface area contributed by atoms with Crippen molar-refractivity contribution in [2.24, 2.45) is 0 Å². The number of thiazole rings is 1. The Labute approximate surface area is 131 Å². The molecule has 1 heterocycles. The number of hydrogen-bond donors (Lipinski definition) is 0. The lowest BCUT2D eigenvalue weighted by molar-refractivity contribution is -0.142. The monoisotopic (exact) mass is 315 g/mol. The molecule has 22 heavy (non-hydrogen) atoms. The molecule has 0 unspecified atom stereocenters. The smallest absolute Gasteiger partial charge is 0.310 e. The van der Waals surface area contributed by atoms with E-state index in [0.29, 0.717) is 6.61 Å². The van der Waals surface area contributed by atoms with E-state index in [9.17, 15) is 9.18 Å². The summed E-state index contributed by atoms with van der Waals surface area (Å²) >= 11 is 1.45. The van der Waals surface area contributed by atoms with E-state index in [0.717, 1.165) is 26.4 Å². The first-order valence-electron chi connectivity index (χ1n) is 6.96. The summed E-state index contributed by atoms with van der Waals surface area (Å²) in [5.74, 6) is -0.488. The maximum absolute atomic E-state index is 13.2.